The van der Waals surface area contributed by atoms with Gasteiger partial charge < -0.3 is 20.3 Å². The summed E-state index contributed by atoms with van der Waals surface area (Å²) in [6.07, 6.45) is 2.67. The minimum absolute atomic E-state index is 0.0727. The molecular weight excluding hydrogens is 286 g/mol. The second kappa shape index (κ2) is 7.79. The van der Waals surface area contributed by atoms with Crippen molar-refractivity contribution in [2.45, 2.75) is 26.3 Å². The molecule has 22 heavy (non-hydrogen) atoms. The number of nitrogens with one attached hydrogen (secondary N) is 2. The second-order valence-corrected chi connectivity index (χ2v) is 5.18. The first kappa shape index (κ1) is 16.3. The molecule has 0 saturated carbocycles. The lowest BCUT2D eigenvalue weighted by atomic mass is 10.3. The Bertz CT molecular complexity index is 516. The van der Waals surface area contributed by atoms with Crippen molar-refractivity contribution in [3.8, 4) is 0 Å². The van der Waals surface area contributed by atoms with E-state index < -0.39 is 0 Å². The summed E-state index contributed by atoms with van der Waals surface area (Å²) in [5, 5.41) is 9.80. The molecule has 1 unspecified atom stereocenters. The number of likely N-dealkylation sites (tertiary alicyclic amines) is 1. The number of carbonyl (C=O) groups excluding carboxylic acids is 2. The van der Waals surface area contributed by atoms with Crippen molar-refractivity contribution in [2.75, 3.05) is 38.2 Å². The normalized spacial score (nSPS) is 17.5. The number of carbonyl (C=O) groups is 2. The van der Waals surface area contributed by atoms with E-state index in [1.807, 2.05) is 13.1 Å². The Kier molecular flexibility index (Phi) is 5.76. The Morgan fingerprint density at radius 3 is 3.05 bits per heavy atom. The predicted molar refractivity (Wildman–Crippen MR) is 81.6 cm³/mol. The number of rotatable bonds is 6. The first-order chi connectivity index (χ1) is 10.6. The zero-order valence-electron chi connectivity index (χ0n) is 13.0. The summed E-state index contributed by atoms with van der Waals surface area (Å²) in [6.45, 7) is 6.37. The molecule has 1 aromatic heterocycles. The third-order valence-corrected chi connectivity index (χ3v) is 3.46. The van der Waals surface area contributed by atoms with E-state index in [9.17, 15) is 9.59 Å². The van der Waals surface area contributed by atoms with Crippen LogP contribution in [0.4, 0.5) is 10.6 Å². The van der Waals surface area contributed by atoms with Crippen LogP contribution < -0.4 is 10.6 Å². The SMILES string of the molecule is CCOCCNC(=O)N1CCC(n2ccc(NC(C)=O)n2)C1. The molecule has 1 aliphatic heterocycles. The molecule has 1 aliphatic rings. The first-order valence-corrected chi connectivity index (χ1v) is 7.53. The van der Waals surface area contributed by atoms with Gasteiger partial charge >= 0.3 is 6.03 Å². The van der Waals surface area contributed by atoms with Crippen LogP contribution in [0.1, 0.15) is 26.3 Å². The molecule has 8 heteroatoms. The van der Waals surface area contributed by atoms with Crippen LogP contribution in [-0.2, 0) is 9.53 Å². The van der Waals surface area contributed by atoms with Crippen LogP contribution >= 0.6 is 0 Å². The Hall–Kier alpha value is -2.09. The van der Waals surface area contributed by atoms with Crippen LogP contribution in [0.15, 0.2) is 12.3 Å². The lowest BCUT2D eigenvalue weighted by Gasteiger charge is -2.17. The molecule has 1 atom stereocenters. The Morgan fingerprint density at radius 1 is 1.50 bits per heavy atom. The molecule has 2 heterocycles. The lowest BCUT2D eigenvalue weighted by Crippen LogP contribution is -2.40. The van der Waals surface area contributed by atoms with Gasteiger partial charge in [-0.2, -0.15) is 5.10 Å². The quantitative estimate of drug-likeness (QED) is 0.762. The number of hydrogen-bond donors (Lipinski definition) is 2. The Morgan fingerprint density at radius 2 is 2.32 bits per heavy atom. The lowest BCUT2D eigenvalue weighted by molar-refractivity contribution is -0.114. The van der Waals surface area contributed by atoms with E-state index in [4.69, 9.17) is 4.74 Å². The van der Waals surface area contributed by atoms with Gasteiger partial charge in [-0.1, -0.05) is 0 Å². The fourth-order valence-corrected chi connectivity index (χ4v) is 2.42. The van der Waals surface area contributed by atoms with Crippen LogP contribution in [0.3, 0.4) is 0 Å². The molecule has 2 N–H and O–H groups in total. The van der Waals surface area contributed by atoms with E-state index in [-0.39, 0.29) is 18.0 Å². The molecule has 1 saturated heterocycles. The van der Waals surface area contributed by atoms with Gasteiger partial charge in [0, 0.05) is 45.4 Å². The van der Waals surface area contributed by atoms with Crippen molar-refractivity contribution in [3.05, 3.63) is 12.3 Å². The highest BCUT2D eigenvalue weighted by Crippen LogP contribution is 2.21. The number of anilines is 1. The molecule has 0 aliphatic carbocycles. The van der Waals surface area contributed by atoms with Gasteiger partial charge in [-0.05, 0) is 13.3 Å². The topological polar surface area (TPSA) is 88.5 Å². The van der Waals surface area contributed by atoms with Gasteiger partial charge in [0.05, 0.1) is 12.6 Å². The van der Waals surface area contributed by atoms with Gasteiger partial charge in [0.1, 0.15) is 0 Å². The molecule has 8 nitrogen and oxygen atoms in total. The van der Waals surface area contributed by atoms with Crippen LogP contribution in [0.25, 0.3) is 0 Å². The minimum Gasteiger partial charge on any atom is -0.380 e. The summed E-state index contributed by atoms with van der Waals surface area (Å²) in [5.74, 6) is 0.388. The molecule has 3 amide bonds. The summed E-state index contributed by atoms with van der Waals surface area (Å²) in [7, 11) is 0. The average Bonchev–Trinajstić information content (AvgIpc) is 3.11. The maximum Gasteiger partial charge on any atom is 0.317 e. The minimum atomic E-state index is -0.146. The smallest absolute Gasteiger partial charge is 0.317 e. The largest absolute Gasteiger partial charge is 0.380 e. The van der Waals surface area contributed by atoms with E-state index >= 15 is 0 Å². The highest BCUT2D eigenvalue weighted by molar-refractivity contribution is 5.87. The Balaban J connectivity index is 1.80. The van der Waals surface area contributed by atoms with Gasteiger partial charge in [0.25, 0.3) is 0 Å². The third-order valence-electron chi connectivity index (χ3n) is 3.46. The fraction of sp³-hybridized carbons (Fsp3) is 0.643. The van der Waals surface area contributed by atoms with E-state index in [2.05, 4.69) is 15.7 Å². The number of hydrogen-bond acceptors (Lipinski definition) is 4. The van der Waals surface area contributed by atoms with Crippen molar-refractivity contribution in [1.82, 2.24) is 20.0 Å². The number of urea groups is 1. The predicted octanol–water partition coefficient (Wildman–Crippen LogP) is 0.834. The maximum atomic E-state index is 12.0. The van der Waals surface area contributed by atoms with E-state index in [0.717, 1.165) is 6.42 Å². The summed E-state index contributed by atoms with van der Waals surface area (Å²) < 4.78 is 6.99. The molecule has 0 radical (unpaired) electrons. The van der Waals surface area contributed by atoms with Crippen molar-refractivity contribution < 1.29 is 14.3 Å². The molecule has 0 spiro atoms. The summed E-state index contributed by atoms with van der Waals surface area (Å²) in [4.78, 5) is 24.8. The molecule has 2 rings (SSSR count). The van der Waals surface area contributed by atoms with Gasteiger partial charge in [-0.25, -0.2) is 4.79 Å². The van der Waals surface area contributed by atoms with Gasteiger partial charge in [-0.3, -0.25) is 9.48 Å². The zero-order chi connectivity index (χ0) is 15.9. The van der Waals surface area contributed by atoms with Crippen molar-refractivity contribution in [3.63, 3.8) is 0 Å². The second-order valence-electron chi connectivity index (χ2n) is 5.18. The molecule has 1 fully saturated rings. The van der Waals surface area contributed by atoms with Crippen molar-refractivity contribution in [1.29, 1.82) is 0 Å². The Labute approximate surface area is 129 Å². The maximum absolute atomic E-state index is 12.0. The number of amides is 3. The van der Waals surface area contributed by atoms with Crippen LogP contribution in [0, 0.1) is 0 Å². The molecule has 0 bridgehead atoms. The molecule has 122 valence electrons. The van der Waals surface area contributed by atoms with Gasteiger partial charge in [0.2, 0.25) is 5.91 Å². The summed E-state index contributed by atoms with van der Waals surface area (Å²) in [5.41, 5.74) is 0. The highest BCUT2D eigenvalue weighted by atomic mass is 16.5. The van der Waals surface area contributed by atoms with E-state index in [1.54, 1.807) is 15.6 Å². The number of nitrogens with zero attached hydrogens (tertiary/aromatic N) is 3. The van der Waals surface area contributed by atoms with Gasteiger partial charge in [0.15, 0.2) is 5.82 Å². The molecular formula is C14H23N5O3. The van der Waals surface area contributed by atoms with Crippen molar-refractivity contribution >= 4 is 17.8 Å². The van der Waals surface area contributed by atoms with Crippen LogP contribution in [0.5, 0.6) is 0 Å². The fourth-order valence-electron chi connectivity index (χ4n) is 2.42. The standard InChI is InChI=1S/C14H23N5O3/c1-3-22-9-6-15-14(21)18-7-4-12(10-18)19-8-5-13(17-19)16-11(2)20/h5,8,12H,3-4,6-7,9-10H2,1-2H3,(H,15,21)(H,16,17,20). The van der Waals surface area contributed by atoms with E-state index in [1.165, 1.54) is 6.92 Å². The monoisotopic (exact) mass is 309 g/mol. The average molecular weight is 309 g/mol. The number of ether oxygens (including phenoxy) is 1. The summed E-state index contributed by atoms with van der Waals surface area (Å²) in [6, 6.07) is 1.82. The third kappa shape index (κ3) is 4.45. The van der Waals surface area contributed by atoms with Crippen molar-refractivity contribution in [2.24, 2.45) is 0 Å². The van der Waals surface area contributed by atoms with Crippen LogP contribution in [0.2, 0.25) is 0 Å². The number of aromatic nitrogens is 2. The zero-order valence-corrected chi connectivity index (χ0v) is 13.0. The summed E-state index contributed by atoms with van der Waals surface area (Å²) >= 11 is 0. The highest BCUT2D eigenvalue weighted by Gasteiger charge is 2.27. The van der Waals surface area contributed by atoms with Crippen LogP contribution in [-0.4, -0.2) is 59.5 Å². The van der Waals surface area contributed by atoms with E-state index in [0.29, 0.717) is 38.7 Å². The molecule has 1 aromatic rings. The molecule has 0 aromatic carbocycles. The van der Waals surface area contributed by atoms with Gasteiger partial charge in [-0.15, -0.1) is 0 Å². The first-order valence-electron chi connectivity index (χ1n) is 7.53.